The number of piperidine rings is 1. The maximum absolute atomic E-state index is 13.0. The summed E-state index contributed by atoms with van der Waals surface area (Å²) in [4.78, 5) is 13.0. The Morgan fingerprint density at radius 2 is 1.75 bits per heavy atom. The van der Waals surface area contributed by atoms with E-state index in [0.29, 0.717) is 30.2 Å². The Kier molecular flexibility index (Phi) is 6.21. The number of anilines is 2. The first-order valence-electron chi connectivity index (χ1n) is 9.23. The number of methoxy groups -OCH3 is 1. The van der Waals surface area contributed by atoms with Crippen molar-refractivity contribution >= 4 is 27.3 Å². The number of nitrogens with one attached hydrogen (secondary N) is 2. The molecule has 0 spiro atoms. The molecule has 2 aromatic rings. The molecule has 1 heterocycles. The SMILES string of the molecule is CNc1ccc(S(=O)(=O)N2CCCCC2)cc1C(=O)Nc1ccccc1OC. The molecule has 0 atom stereocenters. The zero-order valence-electron chi connectivity index (χ0n) is 16.1. The van der Waals surface area contributed by atoms with Crippen LogP contribution in [0.1, 0.15) is 29.6 Å². The van der Waals surface area contributed by atoms with Crippen LogP contribution in [0.15, 0.2) is 47.4 Å². The lowest BCUT2D eigenvalue weighted by Gasteiger charge is -2.26. The van der Waals surface area contributed by atoms with E-state index in [-0.39, 0.29) is 10.5 Å². The van der Waals surface area contributed by atoms with Gasteiger partial charge in [0, 0.05) is 25.8 Å². The molecule has 150 valence electrons. The van der Waals surface area contributed by atoms with Gasteiger partial charge in [0.15, 0.2) is 0 Å². The monoisotopic (exact) mass is 403 g/mol. The lowest BCUT2D eigenvalue weighted by atomic mass is 10.1. The molecular weight excluding hydrogens is 378 g/mol. The fourth-order valence-electron chi connectivity index (χ4n) is 3.28. The number of carbonyl (C=O) groups is 1. The van der Waals surface area contributed by atoms with Crippen molar-refractivity contribution in [3.8, 4) is 5.75 Å². The van der Waals surface area contributed by atoms with Crippen LogP contribution < -0.4 is 15.4 Å². The normalized spacial score (nSPS) is 15.1. The smallest absolute Gasteiger partial charge is 0.257 e. The summed E-state index contributed by atoms with van der Waals surface area (Å²) in [6, 6.07) is 11.6. The van der Waals surface area contributed by atoms with Crippen molar-refractivity contribution in [3.63, 3.8) is 0 Å². The van der Waals surface area contributed by atoms with E-state index < -0.39 is 15.9 Å². The fraction of sp³-hybridized carbons (Fsp3) is 0.350. The molecule has 0 bridgehead atoms. The van der Waals surface area contributed by atoms with E-state index in [2.05, 4.69) is 10.6 Å². The summed E-state index contributed by atoms with van der Waals surface area (Å²) in [5.74, 6) is 0.114. The Morgan fingerprint density at radius 3 is 2.43 bits per heavy atom. The van der Waals surface area contributed by atoms with Gasteiger partial charge < -0.3 is 15.4 Å². The fourth-order valence-corrected chi connectivity index (χ4v) is 4.83. The van der Waals surface area contributed by atoms with Crippen LogP contribution in [0.25, 0.3) is 0 Å². The van der Waals surface area contributed by atoms with Crippen molar-refractivity contribution in [2.45, 2.75) is 24.2 Å². The predicted octanol–water partition coefficient (Wildman–Crippen LogP) is 3.16. The zero-order valence-corrected chi connectivity index (χ0v) is 16.9. The lowest BCUT2D eigenvalue weighted by molar-refractivity contribution is 0.102. The third-order valence-corrected chi connectivity index (χ3v) is 6.71. The van der Waals surface area contributed by atoms with Crippen LogP contribution >= 0.6 is 0 Å². The quantitative estimate of drug-likeness (QED) is 0.774. The van der Waals surface area contributed by atoms with Gasteiger partial charge in [-0.3, -0.25) is 4.79 Å². The molecule has 2 N–H and O–H groups in total. The van der Waals surface area contributed by atoms with E-state index in [9.17, 15) is 13.2 Å². The number of nitrogens with zero attached hydrogens (tertiary/aromatic N) is 1. The van der Waals surface area contributed by atoms with E-state index in [0.717, 1.165) is 19.3 Å². The number of rotatable bonds is 6. The van der Waals surface area contributed by atoms with Crippen molar-refractivity contribution in [3.05, 3.63) is 48.0 Å². The minimum atomic E-state index is -3.63. The second-order valence-corrected chi connectivity index (χ2v) is 8.51. The van der Waals surface area contributed by atoms with Gasteiger partial charge in [-0.25, -0.2) is 8.42 Å². The number of para-hydroxylation sites is 2. The largest absolute Gasteiger partial charge is 0.495 e. The van der Waals surface area contributed by atoms with Crippen LogP contribution in [0.3, 0.4) is 0 Å². The molecule has 0 aliphatic carbocycles. The zero-order chi connectivity index (χ0) is 20.1. The van der Waals surface area contributed by atoms with Crippen LogP contribution in [0.5, 0.6) is 5.75 Å². The number of amides is 1. The summed E-state index contributed by atoms with van der Waals surface area (Å²) < 4.78 is 32.7. The van der Waals surface area contributed by atoms with Crippen LogP contribution in [-0.4, -0.2) is 45.9 Å². The lowest BCUT2D eigenvalue weighted by Crippen LogP contribution is -2.35. The average molecular weight is 404 g/mol. The molecule has 28 heavy (non-hydrogen) atoms. The number of hydrogen-bond acceptors (Lipinski definition) is 5. The number of ether oxygens (including phenoxy) is 1. The number of hydrogen-bond donors (Lipinski definition) is 2. The van der Waals surface area contributed by atoms with Gasteiger partial charge in [-0.15, -0.1) is 0 Å². The molecule has 2 aromatic carbocycles. The van der Waals surface area contributed by atoms with Gasteiger partial charge in [0.2, 0.25) is 10.0 Å². The van der Waals surface area contributed by atoms with Crippen molar-refractivity contribution in [1.82, 2.24) is 4.31 Å². The molecular formula is C20H25N3O4S. The summed E-state index contributed by atoms with van der Waals surface area (Å²) in [7, 11) is -0.416. The van der Waals surface area contributed by atoms with Gasteiger partial charge >= 0.3 is 0 Å². The summed E-state index contributed by atoms with van der Waals surface area (Å²) in [5.41, 5.74) is 1.32. The molecule has 1 fully saturated rings. The van der Waals surface area contributed by atoms with Crippen LogP contribution in [0.4, 0.5) is 11.4 Å². The minimum Gasteiger partial charge on any atom is -0.495 e. The molecule has 0 radical (unpaired) electrons. The van der Waals surface area contributed by atoms with Crippen molar-refractivity contribution in [1.29, 1.82) is 0 Å². The number of benzene rings is 2. The topological polar surface area (TPSA) is 87.7 Å². The molecule has 3 rings (SSSR count). The van der Waals surface area contributed by atoms with Gasteiger partial charge in [-0.1, -0.05) is 18.6 Å². The molecule has 1 saturated heterocycles. The molecule has 0 saturated carbocycles. The molecule has 8 heteroatoms. The van der Waals surface area contributed by atoms with Gasteiger partial charge in [0.1, 0.15) is 5.75 Å². The Bertz CT molecular complexity index is 954. The third kappa shape index (κ3) is 4.13. The van der Waals surface area contributed by atoms with E-state index in [1.807, 2.05) is 0 Å². The maximum Gasteiger partial charge on any atom is 0.257 e. The highest BCUT2D eigenvalue weighted by atomic mass is 32.2. The predicted molar refractivity (Wildman–Crippen MR) is 110 cm³/mol. The minimum absolute atomic E-state index is 0.124. The summed E-state index contributed by atoms with van der Waals surface area (Å²) >= 11 is 0. The molecule has 0 aromatic heterocycles. The maximum atomic E-state index is 13.0. The van der Waals surface area contributed by atoms with Crippen LogP contribution in [0.2, 0.25) is 0 Å². The standard InChI is InChI=1S/C20H25N3O4S/c1-21-17-11-10-15(28(25,26)23-12-6-3-7-13-23)14-16(17)20(24)22-18-8-4-5-9-19(18)27-2/h4-5,8-11,14,21H,3,6-7,12-13H2,1-2H3,(H,22,24). The van der Waals surface area contributed by atoms with Crippen molar-refractivity contribution in [2.24, 2.45) is 0 Å². The molecule has 7 nitrogen and oxygen atoms in total. The number of sulfonamides is 1. The molecule has 1 aliphatic heterocycles. The second-order valence-electron chi connectivity index (χ2n) is 6.58. The van der Waals surface area contributed by atoms with E-state index >= 15 is 0 Å². The van der Waals surface area contributed by atoms with E-state index in [1.165, 1.54) is 23.5 Å². The van der Waals surface area contributed by atoms with E-state index in [1.54, 1.807) is 37.4 Å². The first kappa shape index (κ1) is 20.2. The highest BCUT2D eigenvalue weighted by molar-refractivity contribution is 7.89. The number of carbonyl (C=O) groups excluding carboxylic acids is 1. The van der Waals surface area contributed by atoms with Crippen LogP contribution in [0, 0.1) is 0 Å². The average Bonchev–Trinajstić information content (AvgIpc) is 2.74. The Hall–Kier alpha value is -2.58. The van der Waals surface area contributed by atoms with Gasteiger partial charge in [-0.05, 0) is 43.2 Å². The molecule has 0 unspecified atom stereocenters. The Morgan fingerprint density at radius 1 is 1.04 bits per heavy atom. The van der Waals surface area contributed by atoms with E-state index in [4.69, 9.17) is 4.74 Å². The van der Waals surface area contributed by atoms with Crippen LogP contribution in [-0.2, 0) is 10.0 Å². The molecule has 1 aliphatic rings. The summed E-state index contributed by atoms with van der Waals surface area (Å²) in [6.07, 6.45) is 2.75. The first-order valence-corrected chi connectivity index (χ1v) is 10.7. The van der Waals surface area contributed by atoms with Crippen molar-refractivity contribution in [2.75, 3.05) is 37.9 Å². The van der Waals surface area contributed by atoms with Gasteiger partial charge in [0.05, 0.1) is 23.3 Å². The second kappa shape index (κ2) is 8.62. The Labute approximate surface area is 165 Å². The van der Waals surface area contributed by atoms with Gasteiger partial charge in [-0.2, -0.15) is 4.31 Å². The molecule has 1 amide bonds. The third-order valence-electron chi connectivity index (χ3n) is 4.81. The van der Waals surface area contributed by atoms with Gasteiger partial charge in [0.25, 0.3) is 5.91 Å². The Balaban J connectivity index is 1.93. The summed E-state index contributed by atoms with van der Waals surface area (Å²) in [5, 5.41) is 5.75. The summed E-state index contributed by atoms with van der Waals surface area (Å²) in [6.45, 7) is 1.03. The highest BCUT2D eigenvalue weighted by Crippen LogP contribution is 2.28. The highest BCUT2D eigenvalue weighted by Gasteiger charge is 2.27. The van der Waals surface area contributed by atoms with Crippen molar-refractivity contribution < 1.29 is 17.9 Å². The first-order chi connectivity index (χ1) is 13.5.